The van der Waals surface area contributed by atoms with E-state index in [2.05, 4.69) is 17.4 Å². The summed E-state index contributed by atoms with van der Waals surface area (Å²) in [6.07, 6.45) is 4.48. The summed E-state index contributed by atoms with van der Waals surface area (Å²) in [5, 5.41) is 21.4. The summed E-state index contributed by atoms with van der Waals surface area (Å²) in [6.45, 7) is 5.29. The standard InChI is InChI=1S/C17H26N2O4.C2H2O4/c1-4-6-10-19-23-13-11-18-17(20)14-8-7-9-15(21-3)16(14)22-12-5-2;3-1(4)2(5)6/h7-10H,4-6,11-13H2,1-3H3,(H,18,20);(H,3,4)(H,5,6)/b19-10-;. The van der Waals surface area contributed by atoms with Gasteiger partial charge in [0.1, 0.15) is 6.61 Å². The summed E-state index contributed by atoms with van der Waals surface area (Å²) in [7, 11) is 1.55. The normalized spacial score (nSPS) is 9.90. The summed E-state index contributed by atoms with van der Waals surface area (Å²) >= 11 is 0. The van der Waals surface area contributed by atoms with E-state index >= 15 is 0 Å². The summed E-state index contributed by atoms with van der Waals surface area (Å²) in [5.41, 5.74) is 0.451. The minimum Gasteiger partial charge on any atom is -0.493 e. The Hall–Kier alpha value is -3.30. The van der Waals surface area contributed by atoms with E-state index < -0.39 is 11.9 Å². The van der Waals surface area contributed by atoms with Gasteiger partial charge in [-0.25, -0.2) is 9.59 Å². The fourth-order valence-corrected chi connectivity index (χ4v) is 1.80. The lowest BCUT2D eigenvalue weighted by Gasteiger charge is -2.14. The van der Waals surface area contributed by atoms with E-state index in [1.807, 2.05) is 6.92 Å². The number of carbonyl (C=O) groups is 3. The molecule has 1 rings (SSSR count). The first kappa shape index (κ1) is 25.7. The number of ether oxygens (including phenoxy) is 2. The Morgan fingerprint density at radius 2 is 1.79 bits per heavy atom. The van der Waals surface area contributed by atoms with E-state index in [-0.39, 0.29) is 5.91 Å². The van der Waals surface area contributed by atoms with Crippen molar-refractivity contribution in [2.24, 2.45) is 5.16 Å². The van der Waals surface area contributed by atoms with Gasteiger partial charge in [0.25, 0.3) is 5.91 Å². The molecule has 10 heteroatoms. The highest BCUT2D eigenvalue weighted by molar-refractivity contribution is 6.27. The number of carboxylic acid groups (broad SMARTS) is 2. The molecule has 0 fully saturated rings. The van der Waals surface area contributed by atoms with E-state index in [0.717, 1.165) is 19.3 Å². The van der Waals surface area contributed by atoms with Gasteiger partial charge in [-0.05, 0) is 25.0 Å². The molecular weight excluding hydrogens is 384 g/mol. The SMILES string of the molecule is CCC/C=N\OCCNC(=O)c1cccc(OC)c1OCCC.O=C(O)C(=O)O. The van der Waals surface area contributed by atoms with Gasteiger partial charge in [-0.2, -0.15) is 0 Å². The Balaban J connectivity index is 0.00000113. The summed E-state index contributed by atoms with van der Waals surface area (Å²) in [6, 6.07) is 5.24. The third-order valence-electron chi connectivity index (χ3n) is 3.12. The van der Waals surface area contributed by atoms with Gasteiger partial charge in [0.2, 0.25) is 0 Å². The van der Waals surface area contributed by atoms with Crippen molar-refractivity contribution in [1.82, 2.24) is 5.32 Å². The Bertz CT molecular complexity index is 664. The minimum atomic E-state index is -1.82. The first-order chi connectivity index (χ1) is 13.9. The molecule has 0 radical (unpaired) electrons. The number of nitrogens with one attached hydrogen (secondary N) is 1. The van der Waals surface area contributed by atoms with Crippen LogP contribution in [0, 0.1) is 0 Å². The van der Waals surface area contributed by atoms with Crippen LogP contribution in [0.25, 0.3) is 0 Å². The molecule has 0 heterocycles. The van der Waals surface area contributed by atoms with Crippen molar-refractivity contribution in [3.05, 3.63) is 23.8 Å². The molecule has 29 heavy (non-hydrogen) atoms. The molecule has 0 spiro atoms. The van der Waals surface area contributed by atoms with Gasteiger partial charge in [-0.3, -0.25) is 4.79 Å². The van der Waals surface area contributed by atoms with Crippen molar-refractivity contribution in [2.45, 2.75) is 33.1 Å². The number of aliphatic carboxylic acids is 2. The molecule has 0 aromatic heterocycles. The third-order valence-corrected chi connectivity index (χ3v) is 3.12. The van der Waals surface area contributed by atoms with Crippen molar-refractivity contribution in [3.8, 4) is 11.5 Å². The van der Waals surface area contributed by atoms with Gasteiger partial charge < -0.3 is 29.8 Å². The lowest BCUT2D eigenvalue weighted by atomic mass is 10.1. The lowest BCUT2D eigenvalue weighted by molar-refractivity contribution is -0.159. The lowest BCUT2D eigenvalue weighted by Crippen LogP contribution is -2.27. The molecule has 0 unspecified atom stereocenters. The Kier molecular flexibility index (Phi) is 13.9. The summed E-state index contributed by atoms with van der Waals surface area (Å²) < 4.78 is 10.9. The zero-order valence-electron chi connectivity index (χ0n) is 16.8. The van der Waals surface area contributed by atoms with E-state index in [0.29, 0.717) is 36.8 Å². The summed E-state index contributed by atoms with van der Waals surface area (Å²) in [4.78, 5) is 35.6. The van der Waals surface area contributed by atoms with Crippen molar-refractivity contribution < 1.29 is 38.9 Å². The molecule has 3 N–H and O–H groups in total. The van der Waals surface area contributed by atoms with Crippen LogP contribution in [-0.2, 0) is 14.4 Å². The quantitative estimate of drug-likeness (QED) is 0.217. The number of unbranched alkanes of at least 4 members (excludes halogenated alkanes) is 1. The molecule has 0 aliphatic rings. The highest BCUT2D eigenvalue weighted by atomic mass is 16.6. The van der Waals surface area contributed by atoms with Crippen LogP contribution in [0.4, 0.5) is 0 Å². The second-order valence-corrected chi connectivity index (χ2v) is 5.46. The molecule has 0 aliphatic carbocycles. The van der Waals surface area contributed by atoms with Crippen LogP contribution in [0.5, 0.6) is 11.5 Å². The van der Waals surface area contributed by atoms with E-state index in [4.69, 9.17) is 34.1 Å². The molecule has 1 aromatic rings. The van der Waals surface area contributed by atoms with Gasteiger partial charge in [-0.15, -0.1) is 0 Å². The number of benzene rings is 1. The second-order valence-electron chi connectivity index (χ2n) is 5.46. The average Bonchev–Trinajstić information content (AvgIpc) is 2.71. The van der Waals surface area contributed by atoms with Crippen LogP contribution >= 0.6 is 0 Å². The highest BCUT2D eigenvalue weighted by Crippen LogP contribution is 2.31. The van der Waals surface area contributed by atoms with Gasteiger partial charge >= 0.3 is 11.9 Å². The van der Waals surface area contributed by atoms with E-state index in [1.165, 1.54) is 0 Å². The number of amides is 1. The van der Waals surface area contributed by atoms with E-state index in [1.54, 1.807) is 31.5 Å². The maximum atomic E-state index is 12.3. The molecule has 1 aromatic carbocycles. The number of carboxylic acids is 2. The number of oxime groups is 1. The molecule has 0 atom stereocenters. The Morgan fingerprint density at radius 3 is 2.34 bits per heavy atom. The first-order valence-electron chi connectivity index (χ1n) is 9.06. The fourth-order valence-electron chi connectivity index (χ4n) is 1.80. The minimum absolute atomic E-state index is 0.226. The van der Waals surface area contributed by atoms with Crippen molar-refractivity contribution >= 4 is 24.1 Å². The monoisotopic (exact) mass is 412 g/mol. The molecule has 0 saturated heterocycles. The smallest absolute Gasteiger partial charge is 0.414 e. The average molecular weight is 412 g/mol. The predicted molar refractivity (Wildman–Crippen MR) is 106 cm³/mol. The molecule has 0 aliphatic heterocycles. The zero-order valence-corrected chi connectivity index (χ0v) is 16.8. The van der Waals surface area contributed by atoms with Crippen molar-refractivity contribution in [1.29, 1.82) is 0 Å². The molecule has 162 valence electrons. The van der Waals surface area contributed by atoms with Crippen LogP contribution < -0.4 is 14.8 Å². The van der Waals surface area contributed by atoms with Crippen LogP contribution in [0.15, 0.2) is 23.4 Å². The van der Waals surface area contributed by atoms with Crippen LogP contribution in [0.1, 0.15) is 43.5 Å². The highest BCUT2D eigenvalue weighted by Gasteiger charge is 2.16. The maximum absolute atomic E-state index is 12.3. The molecular formula is C19H28N2O8. The number of hydrogen-bond acceptors (Lipinski definition) is 7. The van der Waals surface area contributed by atoms with Crippen LogP contribution in [0.2, 0.25) is 0 Å². The number of nitrogens with zero attached hydrogens (tertiary/aromatic N) is 1. The summed E-state index contributed by atoms with van der Waals surface area (Å²) in [5.74, 6) is -2.86. The van der Waals surface area contributed by atoms with Crippen molar-refractivity contribution in [2.75, 3.05) is 26.9 Å². The van der Waals surface area contributed by atoms with Gasteiger partial charge in [0.05, 0.1) is 25.8 Å². The second kappa shape index (κ2) is 15.7. The maximum Gasteiger partial charge on any atom is 0.414 e. The van der Waals surface area contributed by atoms with Crippen LogP contribution in [0.3, 0.4) is 0 Å². The third kappa shape index (κ3) is 11.2. The Morgan fingerprint density at radius 1 is 1.10 bits per heavy atom. The van der Waals surface area contributed by atoms with Crippen molar-refractivity contribution in [3.63, 3.8) is 0 Å². The first-order valence-corrected chi connectivity index (χ1v) is 9.06. The van der Waals surface area contributed by atoms with Gasteiger partial charge in [-0.1, -0.05) is 31.5 Å². The number of para-hydroxylation sites is 1. The van der Waals surface area contributed by atoms with E-state index in [9.17, 15) is 4.79 Å². The van der Waals surface area contributed by atoms with Gasteiger partial charge in [0.15, 0.2) is 11.5 Å². The Labute approximate surface area is 169 Å². The number of rotatable bonds is 11. The topological polar surface area (TPSA) is 144 Å². The number of hydrogen-bond donors (Lipinski definition) is 3. The largest absolute Gasteiger partial charge is 0.493 e. The predicted octanol–water partition coefficient (Wildman–Crippen LogP) is 2.17. The number of methoxy groups -OCH3 is 1. The molecule has 10 nitrogen and oxygen atoms in total. The molecule has 1 amide bonds. The number of carbonyl (C=O) groups excluding carboxylic acids is 1. The molecule has 0 saturated carbocycles. The fraction of sp³-hybridized carbons (Fsp3) is 0.474. The van der Waals surface area contributed by atoms with Gasteiger partial charge in [0, 0.05) is 6.21 Å². The molecule has 0 bridgehead atoms. The van der Waals surface area contributed by atoms with Crippen LogP contribution in [-0.4, -0.2) is 61.1 Å². The zero-order chi connectivity index (χ0) is 22.1.